The first-order valence-corrected chi connectivity index (χ1v) is 4.75. The molecule has 72 valence electrons. The van der Waals surface area contributed by atoms with Crippen LogP contribution in [0.15, 0.2) is 27.7 Å². The summed E-state index contributed by atoms with van der Waals surface area (Å²) in [5, 5.41) is -0.257. The molecule has 1 aliphatic rings. The van der Waals surface area contributed by atoms with Crippen molar-refractivity contribution in [2.75, 3.05) is 7.05 Å². The normalized spacial score (nSPS) is 19.8. The molecular weight excluding hydrogens is 202 g/mol. The van der Waals surface area contributed by atoms with Crippen molar-refractivity contribution in [3.63, 3.8) is 0 Å². The van der Waals surface area contributed by atoms with Crippen LogP contribution >= 0.6 is 11.8 Å². The predicted octanol–water partition coefficient (Wildman–Crippen LogP) is 1.95. The van der Waals surface area contributed by atoms with E-state index in [1.165, 1.54) is 13.3 Å². The molecule has 0 radical (unpaired) electrons. The quantitative estimate of drug-likeness (QED) is 0.663. The minimum Gasteiger partial charge on any atom is -0.465 e. The van der Waals surface area contributed by atoms with Gasteiger partial charge in [0.15, 0.2) is 0 Å². The van der Waals surface area contributed by atoms with Crippen molar-refractivity contribution >= 4 is 29.0 Å². The highest BCUT2D eigenvalue weighted by molar-refractivity contribution is 8.18. The minimum atomic E-state index is -0.281. The van der Waals surface area contributed by atoms with Gasteiger partial charge >= 0.3 is 0 Å². The molecule has 0 bridgehead atoms. The third kappa shape index (κ3) is 1.46. The lowest BCUT2D eigenvalue weighted by Crippen LogP contribution is -2.22. The number of amides is 2. The van der Waals surface area contributed by atoms with Crippen LogP contribution in [0, 0.1) is 0 Å². The Hall–Kier alpha value is -1.49. The largest absolute Gasteiger partial charge is 0.465 e. The molecule has 0 aromatic carbocycles. The molecule has 0 atom stereocenters. The van der Waals surface area contributed by atoms with E-state index in [2.05, 4.69) is 0 Å². The maximum atomic E-state index is 11.4. The zero-order valence-electron chi connectivity index (χ0n) is 7.39. The molecule has 2 heterocycles. The Labute approximate surface area is 84.6 Å². The first-order chi connectivity index (χ1) is 6.68. The van der Waals surface area contributed by atoms with Gasteiger partial charge in [-0.2, -0.15) is 0 Å². The fraction of sp³-hybridized carbons (Fsp3) is 0.111. The van der Waals surface area contributed by atoms with Crippen LogP contribution in [0.5, 0.6) is 0 Å². The summed E-state index contributed by atoms with van der Waals surface area (Å²) < 4.78 is 5.04. The summed E-state index contributed by atoms with van der Waals surface area (Å²) in [5.41, 5.74) is 0. The van der Waals surface area contributed by atoms with Gasteiger partial charge in [0.25, 0.3) is 11.1 Å². The average molecular weight is 209 g/mol. The van der Waals surface area contributed by atoms with Crippen LogP contribution in [0.1, 0.15) is 5.76 Å². The Morgan fingerprint density at radius 1 is 1.50 bits per heavy atom. The summed E-state index contributed by atoms with van der Waals surface area (Å²) >= 11 is 0.919. The molecule has 2 amide bonds. The second-order valence-corrected chi connectivity index (χ2v) is 3.75. The fourth-order valence-corrected chi connectivity index (χ4v) is 1.86. The van der Waals surface area contributed by atoms with Gasteiger partial charge in [-0.1, -0.05) is 0 Å². The van der Waals surface area contributed by atoms with Crippen LogP contribution in [-0.4, -0.2) is 23.1 Å². The van der Waals surface area contributed by atoms with Crippen LogP contribution in [0.3, 0.4) is 0 Å². The van der Waals surface area contributed by atoms with Gasteiger partial charge in [0.1, 0.15) is 5.76 Å². The monoisotopic (exact) mass is 209 g/mol. The second-order valence-electron chi connectivity index (χ2n) is 2.76. The number of rotatable bonds is 1. The minimum absolute atomic E-state index is 0.257. The summed E-state index contributed by atoms with van der Waals surface area (Å²) in [6.45, 7) is 0. The zero-order valence-corrected chi connectivity index (χ0v) is 8.21. The summed E-state index contributed by atoms with van der Waals surface area (Å²) in [5.74, 6) is 0.292. The van der Waals surface area contributed by atoms with E-state index >= 15 is 0 Å². The summed E-state index contributed by atoms with van der Waals surface area (Å²) in [6, 6.07) is 3.45. The molecule has 1 aromatic rings. The summed E-state index contributed by atoms with van der Waals surface area (Å²) in [7, 11) is 1.46. The van der Waals surface area contributed by atoms with Gasteiger partial charge in [-0.15, -0.1) is 0 Å². The first kappa shape index (κ1) is 9.08. The maximum Gasteiger partial charge on any atom is 0.293 e. The lowest BCUT2D eigenvalue weighted by Gasteiger charge is -2.00. The fourth-order valence-electron chi connectivity index (χ4n) is 1.05. The van der Waals surface area contributed by atoms with Gasteiger partial charge in [0.05, 0.1) is 11.2 Å². The third-order valence-electron chi connectivity index (χ3n) is 1.80. The van der Waals surface area contributed by atoms with Crippen molar-refractivity contribution in [3.05, 3.63) is 29.1 Å². The Balaban J connectivity index is 2.29. The van der Waals surface area contributed by atoms with Gasteiger partial charge < -0.3 is 4.42 Å². The van der Waals surface area contributed by atoms with Crippen LogP contribution in [-0.2, 0) is 4.79 Å². The summed E-state index contributed by atoms with van der Waals surface area (Å²) in [6.07, 6.45) is 3.08. The Morgan fingerprint density at radius 2 is 2.29 bits per heavy atom. The molecular formula is C9H7NO3S. The number of hydrogen-bond donors (Lipinski definition) is 0. The standard InChI is InChI=1S/C9H7NO3S/c1-10-8(11)7(14-9(10)12)5-6-3-2-4-13-6/h2-5H,1H3. The van der Waals surface area contributed by atoms with Crippen molar-refractivity contribution in [1.82, 2.24) is 4.90 Å². The van der Waals surface area contributed by atoms with Crippen molar-refractivity contribution in [1.29, 1.82) is 0 Å². The Kier molecular flexibility index (Phi) is 2.17. The van der Waals surface area contributed by atoms with E-state index in [1.54, 1.807) is 18.2 Å². The highest BCUT2D eigenvalue weighted by atomic mass is 32.2. The number of nitrogens with zero attached hydrogens (tertiary/aromatic N) is 1. The van der Waals surface area contributed by atoms with Gasteiger partial charge in [0.2, 0.25) is 0 Å². The molecule has 0 unspecified atom stereocenters. The highest BCUT2D eigenvalue weighted by Gasteiger charge is 2.31. The molecule has 0 saturated carbocycles. The second kappa shape index (κ2) is 3.34. The van der Waals surface area contributed by atoms with E-state index in [4.69, 9.17) is 4.42 Å². The molecule has 1 aliphatic heterocycles. The topological polar surface area (TPSA) is 50.5 Å². The van der Waals surface area contributed by atoms with Gasteiger partial charge in [-0.3, -0.25) is 14.5 Å². The highest BCUT2D eigenvalue weighted by Crippen LogP contribution is 2.30. The van der Waals surface area contributed by atoms with Crippen molar-refractivity contribution in [3.8, 4) is 0 Å². The number of imide groups is 1. The molecule has 14 heavy (non-hydrogen) atoms. The molecule has 1 aromatic heterocycles. The van der Waals surface area contributed by atoms with Crippen LogP contribution in [0.2, 0.25) is 0 Å². The third-order valence-corrected chi connectivity index (χ3v) is 2.76. The smallest absolute Gasteiger partial charge is 0.293 e. The van der Waals surface area contributed by atoms with Crippen molar-refractivity contribution in [2.45, 2.75) is 0 Å². The summed E-state index contributed by atoms with van der Waals surface area (Å²) in [4.78, 5) is 24.0. The van der Waals surface area contributed by atoms with E-state index in [0.29, 0.717) is 10.7 Å². The van der Waals surface area contributed by atoms with Crippen molar-refractivity contribution < 1.29 is 14.0 Å². The Morgan fingerprint density at radius 3 is 2.79 bits per heavy atom. The van der Waals surface area contributed by atoms with Gasteiger partial charge in [-0.25, -0.2) is 0 Å². The van der Waals surface area contributed by atoms with E-state index in [9.17, 15) is 9.59 Å². The van der Waals surface area contributed by atoms with Crippen LogP contribution < -0.4 is 0 Å². The van der Waals surface area contributed by atoms with E-state index in [0.717, 1.165) is 16.7 Å². The molecule has 2 rings (SSSR count). The lowest BCUT2D eigenvalue weighted by atomic mass is 10.4. The molecule has 5 heteroatoms. The molecule has 0 spiro atoms. The number of thioether (sulfide) groups is 1. The number of carbonyl (C=O) groups is 2. The molecule has 1 saturated heterocycles. The molecule has 0 aliphatic carbocycles. The zero-order chi connectivity index (χ0) is 10.1. The lowest BCUT2D eigenvalue weighted by molar-refractivity contribution is -0.121. The average Bonchev–Trinajstić information content (AvgIpc) is 2.73. The maximum absolute atomic E-state index is 11.4. The number of hydrogen-bond acceptors (Lipinski definition) is 4. The van der Waals surface area contributed by atoms with Gasteiger partial charge in [0, 0.05) is 13.1 Å². The first-order valence-electron chi connectivity index (χ1n) is 3.93. The number of carbonyl (C=O) groups excluding carboxylic acids is 2. The Bertz CT molecular complexity index is 408. The molecule has 4 nitrogen and oxygen atoms in total. The predicted molar refractivity (Wildman–Crippen MR) is 52.4 cm³/mol. The van der Waals surface area contributed by atoms with Crippen LogP contribution in [0.25, 0.3) is 6.08 Å². The van der Waals surface area contributed by atoms with E-state index < -0.39 is 0 Å². The van der Waals surface area contributed by atoms with Crippen molar-refractivity contribution in [2.24, 2.45) is 0 Å². The van der Waals surface area contributed by atoms with Crippen LogP contribution in [0.4, 0.5) is 4.79 Å². The van der Waals surface area contributed by atoms with E-state index in [1.807, 2.05) is 0 Å². The SMILES string of the molecule is CN1C(=O)SC(=Cc2ccco2)C1=O. The molecule has 1 fully saturated rings. The van der Waals surface area contributed by atoms with E-state index in [-0.39, 0.29) is 11.1 Å². The molecule has 0 N–H and O–H groups in total. The number of furan rings is 1. The van der Waals surface area contributed by atoms with Gasteiger partial charge in [-0.05, 0) is 23.9 Å². The number of likely N-dealkylation sites (N-methyl/N-ethyl adjacent to an activating group) is 1.